The van der Waals surface area contributed by atoms with Gasteiger partial charge in [-0.2, -0.15) is 0 Å². The van der Waals surface area contributed by atoms with Crippen molar-refractivity contribution in [2.75, 3.05) is 7.11 Å². The summed E-state index contributed by atoms with van der Waals surface area (Å²) >= 11 is 0. The first-order valence-corrected chi connectivity index (χ1v) is 4.15. The third-order valence-corrected chi connectivity index (χ3v) is 1.99. The number of carboxylic acid groups (broad SMARTS) is 2. The number of carbonyl (C=O) groups is 3. The number of rotatable bonds is 4. The van der Waals surface area contributed by atoms with Gasteiger partial charge in [-0.1, -0.05) is 0 Å². The van der Waals surface area contributed by atoms with E-state index in [1.54, 1.807) is 0 Å². The maximum absolute atomic E-state index is 10.9. The zero-order chi connectivity index (χ0) is 12.3. The summed E-state index contributed by atoms with van der Waals surface area (Å²) in [6.07, 6.45) is 0.190. The van der Waals surface area contributed by atoms with E-state index in [2.05, 4.69) is 0 Å². The van der Waals surface area contributed by atoms with Crippen LogP contribution in [0.5, 0.6) is 5.75 Å². The van der Waals surface area contributed by atoms with Gasteiger partial charge in [0.2, 0.25) is 0 Å². The van der Waals surface area contributed by atoms with Crippen LogP contribution in [0.3, 0.4) is 0 Å². The molecule has 0 unspecified atom stereocenters. The molecule has 6 nitrogen and oxygen atoms in total. The molecule has 0 atom stereocenters. The van der Waals surface area contributed by atoms with Crippen LogP contribution in [-0.4, -0.2) is 35.5 Å². The summed E-state index contributed by atoms with van der Waals surface area (Å²) in [6, 6.07) is 2.32. The van der Waals surface area contributed by atoms with Gasteiger partial charge < -0.3 is 14.9 Å². The highest BCUT2D eigenvalue weighted by molar-refractivity contribution is 6.06. The Labute approximate surface area is 90.1 Å². The first-order valence-electron chi connectivity index (χ1n) is 4.15. The van der Waals surface area contributed by atoms with Crippen molar-refractivity contribution in [3.05, 3.63) is 28.8 Å². The number of benzene rings is 1. The zero-order valence-corrected chi connectivity index (χ0v) is 8.26. The third kappa shape index (κ3) is 1.85. The molecule has 0 saturated heterocycles. The van der Waals surface area contributed by atoms with E-state index in [4.69, 9.17) is 14.9 Å². The van der Waals surface area contributed by atoms with E-state index < -0.39 is 23.1 Å². The molecule has 2 N–H and O–H groups in total. The van der Waals surface area contributed by atoms with Crippen LogP contribution < -0.4 is 4.74 Å². The minimum atomic E-state index is -1.41. The molecule has 0 aliphatic carbocycles. The predicted molar refractivity (Wildman–Crippen MR) is 52.3 cm³/mol. The normalized spacial score (nSPS) is 9.56. The van der Waals surface area contributed by atoms with Gasteiger partial charge in [0, 0.05) is 5.56 Å². The van der Waals surface area contributed by atoms with Crippen LogP contribution in [0.2, 0.25) is 0 Å². The van der Waals surface area contributed by atoms with Crippen LogP contribution in [0.1, 0.15) is 31.1 Å². The molecule has 0 aliphatic rings. The molecule has 0 fully saturated rings. The fourth-order valence-corrected chi connectivity index (χ4v) is 1.30. The third-order valence-electron chi connectivity index (χ3n) is 1.99. The van der Waals surface area contributed by atoms with E-state index in [0.29, 0.717) is 0 Å². The van der Waals surface area contributed by atoms with Gasteiger partial charge in [0.1, 0.15) is 11.3 Å². The largest absolute Gasteiger partial charge is 0.496 e. The van der Waals surface area contributed by atoms with Crippen LogP contribution in [0, 0.1) is 0 Å². The van der Waals surface area contributed by atoms with Crippen molar-refractivity contribution < 1.29 is 29.3 Å². The van der Waals surface area contributed by atoms with Crippen molar-refractivity contribution in [3.63, 3.8) is 0 Å². The summed E-state index contributed by atoms with van der Waals surface area (Å²) < 4.78 is 4.75. The van der Waals surface area contributed by atoms with Gasteiger partial charge in [-0.3, -0.25) is 4.79 Å². The van der Waals surface area contributed by atoms with Crippen molar-refractivity contribution in [1.29, 1.82) is 0 Å². The number of hydrogen-bond acceptors (Lipinski definition) is 4. The second-order valence-corrected chi connectivity index (χ2v) is 2.83. The maximum Gasteiger partial charge on any atom is 0.340 e. The Morgan fingerprint density at radius 3 is 2.25 bits per heavy atom. The van der Waals surface area contributed by atoms with Crippen molar-refractivity contribution in [2.24, 2.45) is 0 Å². The summed E-state index contributed by atoms with van der Waals surface area (Å²) in [6.45, 7) is 0. The Kier molecular flexibility index (Phi) is 3.24. The van der Waals surface area contributed by atoms with E-state index in [1.807, 2.05) is 0 Å². The summed E-state index contributed by atoms with van der Waals surface area (Å²) in [7, 11) is 1.23. The highest BCUT2D eigenvalue weighted by atomic mass is 16.5. The topological polar surface area (TPSA) is 101 Å². The van der Waals surface area contributed by atoms with Crippen molar-refractivity contribution in [2.45, 2.75) is 0 Å². The van der Waals surface area contributed by atoms with Crippen LogP contribution >= 0.6 is 0 Å². The van der Waals surface area contributed by atoms with Gasteiger partial charge in [0.15, 0.2) is 6.29 Å². The zero-order valence-electron chi connectivity index (χ0n) is 8.26. The van der Waals surface area contributed by atoms with Gasteiger partial charge in [0.05, 0.1) is 12.7 Å². The molecule has 16 heavy (non-hydrogen) atoms. The standard InChI is InChI=1S/C10H8O6/c1-16-7-3-2-5(9(12)13)6(4-11)8(7)10(14)15/h2-4H,1H3,(H,12,13)(H,14,15). The van der Waals surface area contributed by atoms with Crippen molar-refractivity contribution >= 4 is 18.2 Å². The highest BCUT2D eigenvalue weighted by Gasteiger charge is 2.22. The summed E-state index contributed by atoms with van der Waals surface area (Å²) in [5, 5.41) is 17.7. The molecule has 0 saturated carbocycles. The van der Waals surface area contributed by atoms with Gasteiger partial charge in [-0.15, -0.1) is 0 Å². The summed E-state index contributed by atoms with van der Waals surface area (Å²) in [4.78, 5) is 32.4. The van der Waals surface area contributed by atoms with Gasteiger partial charge >= 0.3 is 11.9 Å². The van der Waals surface area contributed by atoms with E-state index in [1.165, 1.54) is 13.2 Å². The van der Waals surface area contributed by atoms with Gasteiger partial charge in [-0.05, 0) is 12.1 Å². The average molecular weight is 224 g/mol. The Morgan fingerprint density at radius 2 is 1.88 bits per heavy atom. The first kappa shape index (κ1) is 11.7. The molecule has 84 valence electrons. The monoisotopic (exact) mass is 224 g/mol. The van der Waals surface area contributed by atoms with Crippen molar-refractivity contribution in [1.82, 2.24) is 0 Å². The highest BCUT2D eigenvalue weighted by Crippen LogP contribution is 2.24. The Morgan fingerprint density at radius 1 is 1.25 bits per heavy atom. The minimum Gasteiger partial charge on any atom is -0.496 e. The van der Waals surface area contributed by atoms with Crippen molar-refractivity contribution in [3.8, 4) is 5.75 Å². The van der Waals surface area contributed by atoms with Crippen LogP contribution in [-0.2, 0) is 0 Å². The lowest BCUT2D eigenvalue weighted by Gasteiger charge is -2.08. The maximum atomic E-state index is 10.9. The average Bonchev–Trinajstić information content (AvgIpc) is 2.26. The molecule has 1 rings (SSSR count). The predicted octanol–water partition coefficient (Wildman–Crippen LogP) is 0.904. The SMILES string of the molecule is COc1ccc(C(=O)O)c(C=O)c1C(=O)O. The lowest BCUT2D eigenvalue weighted by molar-refractivity contribution is 0.0689. The van der Waals surface area contributed by atoms with E-state index >= 15 is 0 Å². The molecule has 1 aromatic rings. The molecule has 1 aromatic carbocycles. The molecular formula is C10H8O6. The Balaban J connectivity index is 3.62. The fraction of sp³-hybridized carbons (Fsp3) is 0.100. The lowest BCUT2D eigenvalue weighted by atomic mass is 10.0. The first-order chi connectivity index (χ1) is 7.52. The quantitative estimate of drug-likeness (QED) is 0.737. The second-order valence-electron chi connectivity index (χ2n) is 2.83. The number of aldehydes is 1. The second kappa shape index (κ2) is 4.43. The smallest absolute Gasteiger partial charge is 0.340 e. The van der Waals surface area contributed by atoms with Gasteiger partial charge in [0.25, 0.3) is 0 Å². The van der Waals surface area contributed by atoms with Crippen LogP contribution in [0.15, 0.2) is 12.1 Å². The molecule has 0 aliphatic heterocycles. The molecule has 0 heterocycles. The molecule has 0 bridgehead atoms. The Bertz CT molecular complexity index is 463. The molecule has 6 heteroatoms. The number of ether oxygens (including phenoxy) is 1. The van der Waals surface area contributed by atoms with E-state index in [-0.39, 0.29) is 17.6 Å². The molecule has 0 spiro atoms. The molecule has 0 aromatic heterocycles. The number of carboxylic acids is 2. The molecular weight excluding hydrogens is 216 g/mol. The van der Waals surface area contributed by atoms with E-state index in [9.17, 15) is 14.4 Å². The van der Waals surface area contributed by atoms with Gasteiger partial charge in [-0.25, -0.2) is 9.59 Å². The van der Waals surface area contributed by atoms with Crippen LogP contribution in [0.25, 0.3) is 0 Å². The lowest BCUT2D eigenvalue weighted by Crippen LogP contribution is -2.11. The summed E-state index contributed by atoms with van der Waals surface area (Å²) in [5.74, 6) is -2.84. The number of methoxy groups -OCH3 is 1. The number of aromatic carboxylic acids is 2. The fourth-order valence-electron chi connectivity index (χ4n) is 1.30. The number of carbonyl (C=O) groups excluding carboxylic acids is 1. The number of hydrogen-bond donors (Lipinski definition) is 2. The summed E-state index contributed by atoms with van der Waals surface area (Å²) in [5.41, 5.74) is -1.22. The molecule has 0 radical (unpaired) electrons. The molecule has 0 amide bonds. The minimum absolute atomic E-state index is 0.0559. The van der Waals surface area contributed by atoms with E-state index in [0.717, 1.165) is 6.07 Å². The Hall–Kier alpha value is -2.37. The van der Waals surface area contributed by atoms with Crippen LogP contribution in [0.4, 0.5) is 0 Å².